The van der Waals surface area contributed by atoms with Crippen LogP contribution in [0.5, 0.6) is 5.75 Å². The van der Waals surface area contributed by atoms with E-state index in [1.807, 2.05) is 31.2 Å². The summed E-state index contributed by atoms with van der Waals surface area (Å²) in [5, 5.41) is 0. The van der Waals surface area contributed by atoms with Crippen LogP contribution in [-0.2, 0) is 9.53 Å². The third kappa shape index (κ3) is 2.79. The zero-order chi connectivity index (χ0) is 13.0. The minimum absolute atomic E-state index is 0.237. The molecular formula is C15H18O3. The molecule has 96 valence electrons. The predicted molar refractivity (Wildman–Crippen MR) is 70.4 cm³/mol. The van der Waals surface area contributed by atoms with Gasteiger partial charge in [0.15, 0.2) is 12.6 Å². The van der Waals surface area contributed by atoms with Gasteiger partial charge in [-0.05, 0) is 48.6 Å². The molecule has 0 saturated heterocycles. The van der Waals surface area contributed by atoms with Crippen LogP contribution in [0.3, 0.4) is 0 Å². The number of ketones is 1. The van der Waals surface area contributed by atoms with Crippen LogP contribution in [0.2, 0.25) is 0 Å². The van der Waals surface area contributed by atoms with E-state index in [4.69, 9.17) is 9.47 Å². The highest BCUT2D eigenvalue weighted by atomic mass is 16.7. The Morgan fingerprint density at radius 3 is 2.89 bits per heavy atom. The zero-order valence-electron chi connectivity index (χ0n) is 10.9. The summed E-state index contributed by atoms with van der Waals surface area (Å²) in [6.45, 7) is 2.15. The Balaban J connectivity index is 2.27. The molecule has 0 unspecified atom stereocenters. The number of carbonyl (C=O) groups is 1. The fourth-order valence-corrected chi connectivity index (χ4v) is 2.23. The highest BCUT2D eigenvalue weighted by Crippen LogP contribution is 2.31. The number of rotatable bonds is 4. The molecule has 0 spiro atoms. The van der Waals surface area contributed by atoms with Crippen molar-refractivity contribution < 1.29 is 14.3 Å². The van der Waals surface area contributed by atoms with Gasteiger partial charge in [0.1, 0.15) is 5.75 Å². The van der Waals surface area contributed by atoms with Gasteiger partial charge in [-0.25, -0.2) is 0 Å². The lowest BCUT2D eigenvalue weighted by Gasteiger charge is -2.17. The second-order valence-corrected chi connectivity index (χ2v) is 4.46. The smallest absolute Gasteiger partial charge is 0.188 e. The van der Waals surface area contributed by atoms with Crippen LogP contribution in [0.1, 0.15) is 31.7 Å². The summed E-state index contributed by atoms with van der Waals surface area (Å²) in [6.07, 6.45) is 2.58. The number of Topliss-reactive ketones (excluding diaryl/α,β-unsaturated/α-hetero) is 1. The number of methoxy groups -OCH3 is 1. The van der Waals surface area contributed by atoms with E-state index in [2.05, 4.69) is 0 Å². The molecule has 0 aliphatic heterocycles. The maximum Gasteiger partial charge on any atom is 0.188 e. The van der Waals surface area contributed by atoms with Crippen LogP contribution in [0.25, 0.3) is 5.57 Å². The van der Waals surface area contributed by atoms with Gasteiger partial charge in [-0.2, -0.15) is 0 Å². The summed E-state index contributed by atoms with van der Waals surface area (Å²) < 4.78 is 10.3. The maximum atomic E-state index is 11.7. The lowest BCUT2D eigenvalue weighted by Crippen LogP contribution is -2.08. The number of benzene rings is 1. The monoisotopic (exact) mass is 246 g/mol. The molecule has 0 aromatic heterocycles. The summed E-state index contributed by atoms with van der Waals surface area (Å²) in [6, 6.07) is 7.83. The van der Waals surface area contributed by atoms with E-state index in [1.165, 1.54) is 0 Å². The molecular weight excluding hydrogens is 228 g/mol. The SMILES string of the molecule is COCOc1cccc(C2=C(C)C(=O)CCC2)c1. The maximum absolute atomic E-state index is 11.7. The second kappa shape index (κ2) is 5.83. The fraction of sp³-hybridized carbons (Fsp3) is 0.400. The van der Waals surface area contributed by atoms with Crippen molar-refractivity contribution in [3.05, 3.63) is 35.4 Å². The minimum atomic E-state index is 0.237. The van der Waals surface area contributed by atoms with E-state index in [0.717, 1.165) is 35.3 Å². The van der Waals surface area contributed by atoms with Crippen LogP contribution < -0.4 is 4.74 Å². The average Bonchev–Trinajstić information content (AvgIpc) is 2.40. The lowest BCUT2D eigenvalue weighted by molar-refractivity contribution is -0.115. The van der Waals surface area contributed by atoms with Gasteiger partial charge in [0.05, 0.1) is 0 Å². The van der Waals surface area contributed by atoms with E-state index >= 15 is 0 Å². The lowest BCUT2D eigenvalue weighted by atomic mass is 9.87. The predicted octanol–water partition coefficient (Wildman–Crippen LogP) is 3.20. The number of hydrogen-bond acceptors (Lipinski definition) is 3. The van der Waals surface area contributed by atoms with E-state index in [-0.39, 0.29) is 12.6 Å². The van der Waals surface area contributed by atoms with Gasteiger partial charge >= 0.3 is 0 Å². The summed E-state index contributed by atoms with van der Waals surface area (Å²) in [5.74, 6) is 1.03. The quantitative estimate of drug-likeness (QED) is 0.765. The summed E-state index contributed by atoms with van der Waals surface area (Å²) in [5.41, 5.74) is 3.12. The second-order valence-electron chi connectivity index (χ2n) is 4.46. The summed E-state index contributed by atoms with van der Waals surface area (Å²) in [7, 11) is 1.59. The Hall–Kier alpha value is -1.61. The topological polar surface area (TPSA) is 35.5 Å². The zero-order valence-corrected chi connectivity index (χ0v) is 10.9. The van der Waals surface area contributed by atoms with Gasteiger partial charge in [-0.3, -0.25) is 4.79 Å². The molecule has 3 heteroatoms. The van der Waals surface area contributed by atoms with Crippen LogP contribution in [0.15, 0.2) is 29.8 Å². The third-order valence-corrected chi connectivity index (χ3v) is 3.23. The van der Waals surface area contributed by atoms with E-state index in [1.54, 1.807) is 7.11 Å². The standard InChI is InChI=1S/C15H18O3/c1-11-14(7-4-8-15(11)16)12-5-3-6-13(9-12)18-10-17-2/h3,5-6,9H,4,7-8,10H2,1-2H3. The van der Waals surface area contributed by atoms with Crippen molar-refractivity contribution in [3.8, 4) is 5.75 Å². The average molecular weight is 246 g/mol. The van der Waals surface area contributed by atoms with Crippen LogP contribution >= 0.6 is 0 Å². The molecule has 0 saturated carbocycles. The van der Waals surface area contributed by atoms with Gasteiger partial charge < -0.3 is 9.47 Å². The first-order valence-electron chi connectivity index (χ1n) is 6.17. The van der Waals surface area contributed by atoms with Gasteiger partial charge in [0.2, 0.25) is 0 Å². The van der Waals surface area contributed by atoms with Crippen LogP contribution in [-0.4, -0.2) is 19.7 Å². The molecule has 0 amide bonds. The van der Waals surface area contributed by atoms with Crippen LogP contribution in [0.4, 0.5) is 0 Å². The number of carbonyl (C=O) groups excluding carboxylic acids is 1. The van der Waals surface area contributed by atoms with Crippen molar-refractivity contribution in [3.63, 3.8) is 0 Å². The molecule has 0 heterocycles. The van der Waals surface area contributed by atoms with E-state index in [0.29, 0.717) is 6.42 Å². The molecule has 1 aliphatic rings. The highest BCUT2D eigenvalue weighted by molar-refractivity contribution is 6.03. The molecule has 1 aromatic carbocycles. The minimum Gasteiger partial charge on any atom is -0.468 e. The largest absolute Gasteiger partial charge is 0.468 e. The molecule has 18 heavy (non-hydrogen) atoms. The molecule has 1 aliphatic carbocycles. The van der Waals surface area contributed by atoms with Gasteiger partial charge in [-0.1, -0.05) is 12.1 Å². The van der Waals surface area contributed by atoms with Gasteiger partial charge in [0, 0.05) is 13.5 Å². The molecule has 0 bridgehead atoms. The van der Waals surface area contributed by atoms with Crippen molar-refractivity contribution in [2.45, 2.75) is 26.2 Å². The number of allylic oxidation sites excluding steroid dienone is 2. The van der Waals surface area contributed by atoms with Crippen molar-refractivity contribution in [1.29, 1.82) is 0 Å². The third-order valence-electron chi connectivity index (χ3n) is 3.23. The summed E-state index contributed by atoms with van der Waals surface area (Å²) >= 11 is 0. The van der Waals surface area contributed by atoms with Crippen molar-refractivity contribution in [2.75, 3.05) is 13.9 Å². The highest BCUT2D eigenvalue weighted by Gasteiger charge is 2.18. The number of ether oxygens (including phenoxy) is 2. The molecule has 1 aromatic rings. The molecule has 2 rings (SSSR count). The Kier molecular flexibility index (Phi) is 4.15. The first-order chi connectivity index (χ1) is 8.72. The summed E-state index contributed by atoms with van der Waals surface area (Å²) in [4.78, 5) is 11.7. The molecule has 0 radical (unpaired) electrons. The van der Waals surface area contributed by atoms with Gasteiger partial charge in [0.25, 0.3) is 0 Å². The first-order valence-corrected chi connectivity index (χ1v) is 6.17. The molecule has 0 atom stereocenters. The normalized spacial score (nSPS) is 16.0. The van der Waals surface area contributed by atoms with Crippen LogP contribution in [0, 0.1) is 0 Å². The first kappa shape index (κ1) is 12.8. The molecule has 0 fully saturated rings. The Morgan fingerprint density at radius 2 is 2.11 bits per heavy atom. The Bertz CT molecular complexity index is 474. The van der Waals surface area contributed by atoms with E-state index < -0.39 is 0 Å². The Labute approximate surface area is 107 Å². The Morgan fingerprint density at radius 1 is 1.28 bits per heavy atom. The fourth-order valence-electron chi connectivity index (χ4n) is 2.23. The van der Waals surface area contributed by atoms with Gasteiger partial charge in [-0.15, -0.1) is 0 Å². The van der Waals surface area contributed by atoms with Crippen molar-refractivity contribution >= 4 is 11.4 Å². The van der Waals surface area contributed by atoms with Crippen molar-refractivity contribution in [1.82, 2.24) is 0 Å². The number of hydrogen-bond donors (Lipinski definition) is 0. The van der Waals surface area contributed by atoms with Crippen molar-refractivity contribution in [2.24, 2.45) is 0 Å². The molecule has 0 N–H and O–H groups in total. The van der Waals surface area contributed by atoms with E-state index in [9.17, 15) is 4.79 Å². The molecule has 3 nitrogen and oxygen atoms in total.